The van der Waals surface area contributed by atoms with Crippen LogP contribution in [0.3, 0.4) is 0 Å². The smallest absolute Gasteiger partial charge is 0.257 e. The van der Waals surface area contributed by atoms with E-state index in [9.17, 15) is 18.0 Å². The van der Waals surface area contributed by atoms with Gasteiger partial charge >= 0.3 is 0 Å². The highest BCUT2D eigenvalue weighted by Gasteiger charge is 2.34. The van der Waals surface area contributed by atoms with Crippen molar-refractivity contribution in [3.05, 3.63) is 58.7 Å². The lowest BCUT2D eigenvalue weighted by molar-refractivity contribution is 0.0671. The van der Waals surface area contributed by atoms with Gasteiger partial charge in [0.1, 0.15) is 13.2 Å². The highest BCUT2D eigenvalue weighted by molar-refractivity contribution is 5.95. The molecule has 0 N–H and O–H groups in total. The number of carbonyl (C=O) groups excluding carboxylic acids is 1. The second-order valence-electron chi connectivity index (χ2n) is 7.74. The van der Waals surface area contributed by atoms with Crippen molar-refractivity contribution in [3.8, 4) is 22.9 Å². The summed E-state index contributed by atoms with van der Waals surface area (Å²) in [6, 6.07) is 3.13. The van der Waals surface area contributed by atoms with Crippen LogP contribution in [-0.4, -0.2) is 45.3 Å². The van der Waals surface area contributed by atoms with Gasteiger partial charge in [0.15, 0.2) is 23.2 Å². The number of hydrogen-bond donors (Lipinski definition) is 0. The number of halogens is 3. The van der Waals surface area contributed by atoms with Gasteiger partial charge in [0, 0.05) is 37.0 Å². The Morgan fingerprint density at radius 1 is 1.12 bits per heavy atom. The standard InChI is InChI=1S/C22H19F3N4O3/c1-11-19-14(20(28(2)27-19)12-7-15(23)18(25)16(24)8-12)3-4-29(11)22(30)13-9-17-21(26-10-13)32-6-5-31-17/h7-11H,3-6H2,1-2H3/t11-/m0/s1. The largest absolute Gasteiger partial charge is 0.484 e. The molecule has 5 rings (SSSR count). The fourth-order valence-electron chi connectivity index (χ4n) is 4.29. The van der Waals surface area contributed by atoms with Crippen molar-refractivity contribution in [2.75, 3.05) is 19.8 Å². The van der Waals surface area contributed by atoms with E-state index in [4.69, 9.17) is 9.47 Å². The second kappa shape index (κ2) is 7.54. The molecule has 2 aliphatic heterocycles. The molecule has 1 atom stereocenters. The number of rotatable bonds is 2. The first kappa shape index (κ1) is 20.3. The third-order valence-electron chi connectivity index (χ3n) is 5.81. The maximum atomic E-state index is 13.8. The number of nitrogens with zero attached hydrogens (tertiary/aromatic N) is 4. The van der Waals surface area contributed by atoms with Gasteiger partial charge in [-0.3, -0.25) is 9.48 Å². The van der Waals surface area contributed by atoms with Crippen LogP contribution in [0.15, 0.2) is 24.4 Å². The van der Waals surface area contributed by atoms with Crippen LogP contribution in [0.1, 0.15) is 34.6 Å². The fraction of sp³-hybridized carbons (Fsp3) is 0.318. The first-order valence-corrected chi connectivity index (χ1v) is 10.1. The summed E-state index contributed by atoms with van der Waals surface area (Å²) in [4.78, 5) is 19.0. The summed E-state index contributed by atoms with van der Waals surface area (Å²) < 4.78 is 53.5. The second-order valence-corrected chi connectivity index (χ2v) is 7.74. The minimum atomic E-state index is -1.51. The molecule has 0 fully saturated rings. The van der Waals surface area contributed by atoms with Crippen LogP contribution < -0.4 is 9.47 Å². The van der Waals surface area contributed by atoms with E-state index in [1.54, 1.807) is 18.0 Å². The molecule has 4 heterocycles. The summed E-state index contributed by atoms with van der Waals surface area (Å²) in [7, 11) is 1.65. The Kier molecular flexibility index (Phi) is 4.79. The number of pyridine rings is 1. The Morgan fingerprint density at radius 2 is 1.84 bits per heavy atom. The van der Waals surface area contributed by atoms with Crippen molar-refractivity contribution in [3.63, 3.8) is 0 Å². The molecule has 0 saturated heterocycles. The molecule has 0 radical (unpaired) electrons. The first-order valence-electron chi connectivity index (χ1n) is 10.1. The molecule has 2 aliphatic rings. The van der Waals surface area contributed by atoms with E-state index in [0.717, 1.165) is 17.7 Å². The van der Waals surface area contributed by atoms with E-state index in [-0.39, 0.29) is 11.5 Å². The molecule has 0 unspecified atom stereocenters. The number of benzene rings is 1. The third-order valence-corrected chi connectivity index (χ3v) is 5.81. The predicted octanol–water partition coefficient (Wildman–Crippen LogP) is 3.43. The maximum Gasteiger partial charge on any atom is 0.257 e. The Bertz CT molecular complexity index is 1220. The SMILES string of the molecule is C[C@H]1c2nn(C)c(-c3cc(F)c(F)c(F)c3)c2CCN1C(=O)c1cnc2c(c1)OCCO2. The average molecular weight is 444 g/mol. The average Bonchev–Trinajstić information content (AvgIpc) is 3.13. The number of aromatic nitrogens is 3. The zero-order valence-corrected chi connectivity index (χ0v) is 17.4. The lowest BCUT2D eigenvalue weighted by Crippen LogP contribution is -2.39. The van der Waals surface area contributed by atoms with Crippen LogP contribution in [0.4, 0.5) is 13.2 Å². The van der Waals surface area contributed by atoms with Crippen molar-refractivity contribution in [1.29, 1.82) is 0 Å². The van der Waals surface area contributed by atoms with Crippen LogP contribution in [0.25, 0.3) is 11.3 Å². The Morgan fingerprint density at radius 3 is 2.59 bits per heavy atom. The van der Waals surface area contributed by atoms with Crippen LogP contribution in [-0.2, 0) is 13.5 Å². The number of amides is 1. The van der Waals surface area contributed by atoms with Crippen LogP contribution >= 0.6 is 0 Å². The molecule has 166 valence electrons. The summed E-state index contributed by atoms with van der Waals surface area (Å²) >= 11 is 0. The predicted molar refractivity (Wildman–Crippen MR) is 107 cm³/mol. The Balaban J connectivity index is 1.48. The zero-order chi connectivity index (χ0) is 22.6. The summed E-state index contributed by atoms with van der Waals surface area (Å²) in [5.41, 5.74) is 2.45. The molecule has 1 amide bonds. The summed E-state index contributed by atoms with van der Waals surface area (Å²) in [5, 5.41) is 4.51. The normalized spacial score (nSPS) is 17.3. The third kappa shape index (κ3) is 3.17. The van der Waals surface area contributed by atoms with Crippen LogP contribution in [0, 0.1) is 17.5 Å². The van der Waals surface area contributed by atoms with Gasteiger partial charge in [-0.15, -0.1) is 0 Å². The number of carbonyl (C=O) groups is 1. The van der Waals surface area contributed by atoms with Gasteiger partial charge in [-0.25, -0.2) is 18.2 Å². The summed E-state index contributed by atoms with van der Waals surface area (Å²) in [5.74, 6) is -3.49. The van der Waals surface area contributed by atoms with Gasteiger partial charge < -0.3 is 14.4 Å². The summed E-state index contributed by atoms with van der Waals surface area (Å²) in [6.07, 6.45) is 1.87. The van der Waals surface area contributed by atoms with E-state index in [0.29, 0.717) is 54.8 Å². The molecule has 0 saturated carbocycles. The monoisotopic (exact) mass is 444 g/mol. The van der Waals surface area contributed by atoms with E-state index in [1.165, 1.54) is 10.9 Å². The summed E-state index contributed by atoms with van der Waals surface area (Å²) in [6.45, 7) is 3.00. The van der Waals surface area contributed by atoms with Crippen molar-refractivity contribution in [1.82, 2.24) is 19.7 Å². The quantitative estimate of drug-likeness (QED) is 0.567. The lowest BCUT2D eigenvalue weighted by atomic mass is 9.95. The fourth-order valence-corrected chi connectivity index (χ4v) is 4.29. The minimum absolute atomic E-state index is 0.195. The van der Waals surface area contributed by atoms with Gasteiger partial charge in [-0.1, -0.05) is 0 Å². The van der Waals surface area contributed by atoms with Crippen molar-refractivity contribution >= 4 is 5.91 Å². The van der Waals surface area contributed by atoms with Crippen LogP contribution in [0.2, 0.25) is 0 Å². The molecule has 0 bridgehead atoms. The Labute approximate surface area is 181 Å². The van der Waals surface area contributed by atoms with Gasteiger partial charge in [-0.05, 0) is 25.5 Å². The molecule has 0 spiro atoms. The van der Waals surface area contributed by atoms with Crippen molar-refractivity contribution < 1.29 is 27.4 Å². The molecule has 7 nitrogen and oxygen atoms in total. The van der Waals surface area contributed by atoms with Gasteiger partial charge in [-0.2, -0.15) is 5.10 Å². The molecule has 2 aromatic heterocycles. The topological polar surface area (TPSA) is 69.5 Å². The number of fused-ring (bicyclic) bond motifs is 2. The van der Waals surface area contributed by atoms with Crippen molar-refractivity contribution in [2.45, 2.75) is 19.4 Å². The molecular weight excluding hydrogens is 425 g/mol. The van der Waals surface area contributed by atoms with E-state index >= 15 is 0 Å². The molecule has 0 aliphatic carbocycles. The number of hydrogen-bond acceptors (Lipinski definition) is 5. The molecule has 3 aromatic rings. The minimum Gasteiger partial charge on any atom is -0.484 e. The van der Waals surface area contributed by atoms with Crippen molar-refractivity contribution in [2.24, 2.45) is 7.05 Å². The van der Waals surface area contributed by atoms with E-state index in [2.05, 4.69) is 10.1 Å². The lowest BCUT2D eigenvalue weighted by Gasteiger charge is -2.33. The number of ether oxygens (including phenoxy) is 2. The highest BCUT2D eigenvalue weighted by atomic mass is 19.2. The Hall–Kier alpha value is -3.56. The van der Waals surface area contributed by atoms with Gasteiger partial charge in [0.2, 0.25) is 0 Å². The molecule has 10 heteroatoms. The van der Waals surface area contributed by atoms with E-state index in [1.807, 2.05) is 6.92 Å². The van der Waals surface area contributed by atoms with Crippen LogP contribution in [0.5, 0.6) is 11.6 Å². The van der Waals surface area contributed by atoms with Gasteiger partial charge in [0.25, 0.3) is 11.8 Å². The maximum absolute atomic E-state index is 13.8. The molecule has 32 heavy (non-hydrogen) atoms. The van der Waals surface area contributed by atoms with E-state index < -0.39 is 23.5 Å². The highest BCUT2D eigenvalue weighted by Crippen LogP contribution is 2.37. The zero-order valence-electron chi connectivity index (χ0n) is 17.4. The first-order chi connectivity index (χ1) is 15.3. The van der Waals surface area contributed by atoms with Gasteiger partial charge in [0.05, 0.1) is 23.0 Å². The molecule has 1 aromatic carbocycles. The number of aryl methyl sites for hydroxylation is 1. The molecular formula is C22H19F3N4O3.